The van der Waals surface area contributed by atoms with Crippen LogP contribution in [0.2, 0.25) is 0 Å². The molecule has 0 aromatic rings. The molecule has 6 amide bonds. The minimum Gasteiger partial charge on any atom is -0.467 e. The first-order valence-corrected chi connectivity index (χ1v) is 21.3. The molecule has 0 saturated carbocycles. The van der Waals surface area contributed by atoms with Gasteiger partial charge in [0.25, 0.3) is 0 Å². The summed E-state index contributed by atoms with van der Waals surface area (Å²) in [6.45, 7) is 20.2. The van der Waals surface area contributed by atoms with Gasteiger partial charge in [0.1, 0.15) is 41.0 Å². The number of carbonyl (C=O) groups excluding carboxylic acids is 7. The van der Waals surface area contributed by atoms with Crippen molar-refractivity contribution in [3.05, 3.63) is 0 Å². The van der Waals surface area contributed by atoms with Crippen molar-refractivity contribution in [2.45, 2.75) is 207 Å². The zero-order valence-corrected chi connectivity index (χ0v) is 38.1. The topological polar surface area (TPSA) is 229 Å². The second-order valence-electron chi connectivity index (χ2n) is 17.7. The van der Waals surface area contributed by atoms with Crippen molar-refractivity contribution in [3.8, 4) is 0 Å². The van der Waals surface area contributed by atoms with Gasteiger partial charge in [-0.15, -0.1) is 0 Å². The van der Waals surface area contributed by atoms with Crippen LogP contribution in [-0.2, 0) is 38.1 Å². The molecule has 6 N–H and O–H groups in total. The Morgan fingerprint density at radius 3 is 1.07 bits per heavy atom. The van der Waals surface area contributed by atoms with Crippen LogP contribution in [-0.4, -0.2) is 103 Å². The summed E-state index contributed by atoms with van der Waals surface area (Å²) in [6.07, 6.45) is 5.30. The predicted molar refractivity (Wildman–Crippen MR) is 225 cm³/mol. The molecule has 0 heterocycles. The second kappa shape index (κ2) is 28.2. The van der Waals surface area contributed by atoms with Crippen LogP contribution in [0, 0.1) is 0 Å². The van der Waals surface area contributed by atoms with E-state index >= 15 is 0 Å². The molecular weight excluding hydrogens is 764 g/mol. The summed E-state index contributed by atoms with van der Waals surface area (Å²) in [5.74, 6) is -2.48. The summed E-state index contributed by atoms with van der Waals surface area (Å²) in [4.78, 5) is 91.6. The maximum Gasteiger partial charge on any atom is 0.408 e. The van der Waals surface area contributed by atoms with Gasteiger partial charge in [-0.1, -0.05) is 52.4 Å². The summed E-state index contributed by atoms with van der Waals surface area (Å²) in [6, 6.07) is -4.23. The van der Waals surface area contributed by atoms with Crippen molar-refractivity contribution in [3.63, 3.8) is 0 Å². The molecule has 4 atom stereocenters. The lowest BCUT2D eigenvalue weighted by Crippen LogP contribution is -2.58. The fourth-order valence-corrected chi connectivity index (χ4v) is 5.62. The number of rotatable bonds is 26. The molecule has 0 radical (unpaired) electrons. The van der Waals surface area contributed by atoms with Gasteiger partial charge in [0.2, 0.25) is 17.7 Å². The molecule has 0 saturated heterocycles. The molecule has 17 heteroatoms. The Labute approximate surface area is 353 Å². The lowest BCUT2D eigenvalue weighted by Gasteiger charge is -2.27. The fourth-order valence-electron chi connectivity index (χ4n) is 5.62. The summed E-state index contributed by atoms with van der Waals surface area (Å²) < 4.78 is 21.0. The van der Waals surface area contributed by atoms with Crippen LogP contribution in [0.15, 0.2) is 0 Å². The van der Waals surface area contributed by atoms with E-state index in [0.29, 0.717) is 51.4 Å². The highest BCUT2D eigenvalue weighted by Gasteiger charge is 2.32. The summed E-state index contributed by atoms with van der Waals surface area (Å²) >= 11 is 0. The Hall–Kier alpha value is -4.31. The third-order valence-corrected chi connectivity index (χ3v) is 8.44. The Kier molecular flexibility index (Phi) is 26.1. The normalized spacial score (nSPS) is 13.7. The average molecular weight is 843 g/mol. The molecule has 0 bridgehead atoms. The molecule has 0 aliphatic heterocycles. The Morgan fingerprint density at radius 2 is 0.729 bits per heavy atom. The lowest BCUT2D eigenvalue weighted by molar-refractivity contribution is -0.145. The van der Waals surface area contributed by atoms with E-state index in [1.54, 1.807) is 62.3 Å². The van der Waals surface area contributed by atoms with E-state index in [1.807, 2.05) is 13.8 Å². The van der Waals surface area contributed by atoms with Gasteiger partial charge in [0, 0.05) is 13.1 Å². The van der Waals surface area contributed by atoms with E-state index in [2.05, 4.69) is 31.9 Å². The molecule has 0 aromatic carbocycles. The van der Waals surface area contributed by atoms with Crippen LogP contribution < -0.4 is 31.9 Å². The van der Waals surface area contributed by atoms with Gasteiger partial charge in [-0.05, 0) is 114 Å². The van der Waals surface area contributed by atoms with E-state index in [1.165, 1.54) is 7.11 Å². The van der Waals surface area contributed by atoms with E-state index in [-0.39, 0.29) is 25.9 Å². The standard InChI is InChI=1S/C42H78N6O11/c1-13-15-17-23-31(48-39(55)59-42(9,10)11)35(51)46-29(24-19-21-27-43-37(53)57-40(3,4)5)33(49)45-30(25-20-22-28-44-38(54)58-41(6,7)8)34(50)47-32(36(52)56-12)26-18-16-14-2/h29-32H,13-28H2,1-12H3,(H,43,53)(H,44,54)(H,45,49)(H,46,51)(H,47,50)(H,48,55)/t29?,30-,31?,32-/m0/s1. The molecule has 0 aliphatic rings. The number of alkyl carbamates (subject to hydrolysis) is 3. The second-order valence-corrected chi connectivity index (χ2v) is 17.7. The number of unbranched alkanes of at least 4 members (excludes halogenated alkanes) is 6. The molecule has 59 heavy (non-hydrogen) atoms. The maximum absolute atomic E-state index is 14.1. The fraction of sp³-hybridized carbons (Fsp3) is 0.833. The average Bonchev–Trinajstić information content (AvgIpc) is 3.10. The number of ether oxygens (including phenoxy) is 4. The monoisotopic (exact) mass is 843 g/mol. The van der Waals surface area contributed by atoms with Gasteiger partial charge in [0.05, 0.1) is 7.11 Å². The minimum atomic E-state index is -1.15. The molecule has 0 fully saturated rings. The van der Waals surface area contributed by atoms with E-state index in [9.17, 15) is 33.6 Å². The van der Waals surface area contributed by atoms with Crippen LogP contribution in [0.5, 0.6) is 0 Å². The summed E-state index contributed by atoms with van der Waals surface area (Å²) in [7, 11) is 1.24. The van der Waals surface area contributed by atoms with E-state index in [4.69, 9.17) is 18.9 Å². The number of carbonyl (C=O) groups is 7. The SMILES string of the molecule is CCCCCC(NC(=O)OC(C)(C)C)C(=O)NC(CCCCNC(=O)OC(C)(C)C)C(=O)N[C@@H](CCCCNC(=O)OC(C)(C)C)C(=O)N[C@@H](CCCCC)C(=O)OC. The Balaban J connectivity index is 6.37. The maximum atomic E-state index is 14.1. The summed E-state index contributed by atoms with van der Waals surface area (Å²) in [5.41, 5.74) is -2.16. The van der Waals surface area contributed by atoms with Gasteiger partial charge >= 0.3 is 24.2 Å². The van der Waals surface area contributed by atoms with E-state index < -0.39 is 82.9 Å². The molecule has 17 nitrogen and oxygen atoms in total. The Bertz CT molecular complexity index is 1310. The van der Waals surface area contributed by atoms with Crippen LogP contribution in [0.25, 0.3) is 0 Å². The van der Waals surface area contributed by atoms with Crippen molar-refractivity contribution < 1.29 is 52.5 Å². The number of hydrogen-bond donors (Lipinski definition) is 6. The van der Waals surface area contributed by atoms with Crippen LogP contribution in [0.4, 0.5) is 14.4 Å². The zero-order chi connectivity index (χ0) is 45.2. The quantitative estimate of drug-likeness (QED) is 0.0333. The Morgan fingerprint density at radius 1 is 0.424 bits per heavy atom. The highest BCUT2D eigenvalue weighted by molar-refractivity contribution is 5.94. The highest BCUT2D eigenvalue weighted by Crippen LogP contribution is 2.13. The van der Waals surface area contributed by atoms with E-state index in [0.717, 1.165) is 25.7 Å². The summed E-state index contributed by atoms with van der Waals surface area (Å²) in [5, 5.41) is 16.4. The van der Waals surface area contributed by atoms with Crippen molar-refractivity contribution in [1.82, 2.24) is 31.9 Å². The van der Waals surface area contributed by atoms with Crippen molar-refractivity contribution >= 4 is 42.0 Å². The van der Waals surface area contributed by atoms with Crippen LogP contribution in [0.1, 0.15) is 166 Å². The molecule has 0 spiro atoms. The van der Waals surface area contributed by atoms with Gasteiger partial charge < -0.3 is 50.8 Å². The van der Waals surface area contributed by atoms with Crippen molar-refractivity contribution in [2.75, 3.05) is 20.2 Å². The number of hydrogen-bond acceptors (Lipinski definition) is 11. The number of methoxy groups -OCH3 is 1. The first-order valence-electron chi connectivity index (χ1n) is 21.3. The highest BCUT2D eigenvalue weighted by atomic mass is 16.6. The van der Waals surface area contributed by atoms with Gasteiger partial charge in [-0.2, -0.15) is 0 Å². The first-order chi connectivity index (χ1) is 27.4. The lowest BCUT2D eigenvalue weighted by atomic mass is 10.0. The molecule has 0 rings (SSSR count). The van der Waals surface area contributed by atoms with Crippen LogP contribution >= 0.6 is 0 Å². The largest absolute Gasteiger partial charge is 0.467 e. The molecule has 0 aliphatic carbocycles. The van der Waals surface area contributed by atoms with Gasteiger partial charge in [0.15, 0.2) is 0 Å². The third kappa shape index (κ3) is 28.7. The third-order valence-electron chi connectivity index (χ3n) is 8.44. The molecule has 0 aromatic heterocycles. The smallest absolute Gasteiger partial charge is 0.408 e. The van der Waals surface area contributed by atoms with Gasteiger partial charge in [-0.25, -0.2) is 19.2 Å². The number of nitrogens with one attached hydrogen (secondary N) is 6. The number of esters is 1. The predicted octanol–water partition coefficient (Wildman–Crippen LogP) is 6.06. The molecular formula is C42H78N6O11. The molecule has 2 unspecified atom stereocenters. The number of amides is 6. The van der Waals surface area contributed by atoms with Gasteiger partial charge in [-0.3, -0.25) is 14.4 Å². The minimum absolute atomic E-state index is 0.123. The van der Waals surface area contributed by atoms with Crippen LogP contribution in [0.3, 0.4) is 0 Å². The first kappa shape index (κ1) is 54.7. The van der Waals surface area contributed by atoms with Crippen molar-refractivity contribution in [1.29, 1.82) is 0 Å². The van der Waals surface area contributed by atoms with Crippen molar-refractivity contribution in [2.24, 2.45) is 0 Å². The molecule has 342 valence electrons. The zero-order valence-electron chi connectivity index (χ0n) is 38.1.